The molecule has 0 saturated carbocycles. The summed E-state index contributed by atoms with van der Waals surface area (Å²) in [5, 5.41) is 3.22. The zero-order chi connectivity index (χ0) is 19.2. The average molecular weight is 373 g/mol. The van der Waals surface area contributed by atoms with Crippen molar-refractivity contribution in [3.8, 4) is 0 Å². The van der Waals surface area contributed by atoms with Gasteiger partial charge in [-0.15, -0.1) is 0 Å². The molecular weight excluding hydrogens is 350 g/mol. The summed E-state index contributed by atoms with van der Waals surface area (Å²) in [6, 6.07) is 17.3. The molecule has 1 fully saturated rings. The third-order valence-electron chi connectivity index (χ3n) is 5.03. The summed E-state index contributed by atoms with van der Waals surface area (Å²) in [6.45, 7) is 1.50. The van der Waals surface area contributed by atoms with Crippen molar-refractivity contribution in [1.82, 2.24) is 20.3 Å². The summed E-state index contributed by atoms with van der Waals surface area (Å²) in [4.78, 5) is 28.3. The van der Waals surface area contributed by atoms with Gasteiger partial charge in [0.05, 0.1) is 17.7 Å². The van der Waals surface area contributed by atoms with Gasteiger partial charge >= 0.3 is 0 Å². The van der Waals surface area contributed by atoms with E-state index in [-0.39, 0.29) is 17.9 Å². The fraction of sp³-hybridized carbons (Fsp3) is 0.273. The van der Waals surface area contributed by atoms with Gasteiger partial charge in [0.25, 0.3) is 0 Å². The summed E-state index contributed by atoms with van der Waals surface area (Å²) in [5.41, 5.74) is 1.86. The number of nitrogens with one attached hydrogen (secondary N) is 1. The highest BCUT2D eigenvalue weighted by Gasteiger charge is 2.29. The minimum atomic E-state index is -0.266. The van der Waals surface area contributed by atoms with Gasteiger partial charge in [-0.05, 0) is 36.6 Å². The molecule has 0 spiro atoms. The monoisotopic (exact) mass is 373 g/mol. The molecule has 6 heteroatoms. The number of amides is 1. The van der Waals surface area contributed by atoms with Gasteiger partial charge in [0.1, 0.15) is 0 Å². The SMILES string of the molecule is O=C(N[C@H](c1ccccc1)c1ccccn1)[C@H]1CCCN(c2ncccn2)C1. The van der Waals surface area contributed by atoms with Gasteiger partial charge in [0.15, 0.2) is 0 Å². The van der Waals surface area contributed by atoms with Crippen LogP contribution < -0.4 is 10.2 Å². The number of aromatic nitrogens is 3. The van der Waals surface area contributed by atoms with Gasteiger partial charge < -0.3 is 10.2 Å². The van der Waals surface area contributed by atoms with E-state index in [0.29, 0.717) is 12.5 Å². The lowest BCUT2D eigenvalue weighted by Gasteiger charge is -2.32. The van der Waals surface area contributed by atoms with Gasteiger partial charge in [-0.2, -0.15) is 0 Å². The lowest BCUT2D eigenvalue weighted by atomic mass is 9.95. The Hall–Kier alpha value is -3.28. The van der Waals surface area contributed by atoms with E-state index in [1.165, 1.54) is 0 Å². The lowest BCUT2D eigenvalue weighted by molar-refractivity contribution is -0.125. The van der Waals surface area contributed by atoms with Gasteiger partial charge in [0, 0.05) is 31.7 Å². The normalized spacial score (nSPS) is 17.7. The Morgan fingerprint density at radius 1 is 0.964 bits per heavy atom. The Balaban J connectivity index is 1.51. The fourth-order valence-corrected chi connectivity index (χ4v) is 3.61. The largest absolute Gasteiger partial charge is 0.343 e. The van der Waals surface area contributed by atoms with E-state index >= 15 is 0 Å². The lowest BCUT2D eigenvalue weighted by Crippen LogP contribution is -2.44. The van der Waals surface area contributed by atoms with Crippen LogP contribution in [-0.2, 0) is 4.79 Å². The minimum Gasteiger partial charge on any atom is -0.343 e. The number of anilines is 1. The summed E-state index contributed by atoms with van der Waals surface area (Å²) in [5.74, 6) is 0.622. The van der Waals surface area contributed by atoms with E-state index in [0.717, 1.165) is 30.6 Å². The zero-order valence-corrected chi connectivity index (χ0v) is 15.6. The third-order valence-corrected chi connectivity index (χ3v) is 5.03. The Labute approximate surface area is 164 Å². The van der Waals surface area contributed by atoms with Crippen molar-refractivity contribution in [1.29, 1.82) is 0 Å². The molecule has 0 bridgehead atoms. The topological polar surface area (TPSA) is 71.0 Å². The number of rotatable bonds is 5. The molecule has 0 radical (unpaired) electrons. The van der Waals surface area contributed by atoms with Crippen LogP contribution in [0.4, 0.5) is 5.95 Å². The van der Waals surface area contributed by atoms with Crippen molar-refractivity contribution >= 4 is 11.9 Å². The first kappa shape index (κ1) is 18.1. The maximum absolute atomic E-state index is 13.1. The predicted octanol–water partition coefficient (Wildman–Crippen LogP) is 2.99. The second kappa shape index (κ2) is 8.61. The van der Waals surface area contributed by atoms with E-state index in [9.17, 15) is 4.79 Å². The van der Waals surface area contributed by atoms with E-state index < -0.39 is 0 Å². The molecule has 0 unspecified atom stereocenters. The predicted molar refractivity (Wildman–Crippen MR) is 108 cm³/mol. The third kappa shape index (κ3) is 4.17. The van der Waals surface area contributed by atoms with Crippen LogP contribution in [0.2, 0.25) is 0 Å². The Morgan fingerprint density at radius 2 is 1.71 bits per heavy atom. The van der Waals surface area contributed by atoms with Gasteiger partial charge in [-0.1, -0.05) is 36.4 Å². The molecule has 0 aliphatic carbocycles. The summed E-state index contributed by atoms with van der Waals surface area (Å²) < 4.78 is 0. The number of pyridine rings is 1. The van der Waals surface area contributed by atoms with E-state index in [1.807, 2.05) is 48.5 Å². The Bertz CT molecular complexity index is 849. The number of piperidine rings is 1. The highest BCUT2D eigenvalue weighted by Crippen LogP contribution is 2.24. The van der Waals surface area contributed by atoms with Crippen molar-refractivity contribution in [2.75, 3.05) is 18.0 Å². The van der Waals surface area contributed by atoms with Crippen LogP contribution in [0.25, 0.3) is 0 Å². The maximum atomic E-state index is 13.1. The van der Waals surface area contributed by atoms with Gasteiger partial charge in [-0.3, -0.25) is 9.78 Å². The number of carbonyl (C=O) groups is 1. The van der Waals surface area contributed by atoms with Crippen LogP contribution in [0.1, 0.15) is 30.1 Å². The Morgan fingerprint density at radius 3 is 2.46 bits per heavy atom. The Kier molecular flexibility index (Phi) is 5.56. The van der Waals surface area contributed by atoms with Gasteiger partial charge in [0.2, 0.25) is 11.9 Å². The summed E-state index contributed by atoms with van der Waals surface area (Å²) in [7, 11) is 0. The van der Waals surface area contributed by atoms with Crippen LogP contribution >= 0.6 is 0 Å². The quantitative estimate of drug-likeness (QED) is 0.744. The molecule has 1 amide bonds. The first-order valence-electron chi connectivity index (χ1n) is 9.59. The van der Waals surface area contributed by atoms with Crippen LogP contribution in [0, 0.1) is 5.92 Å². The van der Waals surface area contributed by atoms with Crippen molar-refractivity contribution in [3.05, 3.63) is 84.4 Å². The van der Waals surface area contributed by atoms with Crippen LogP contribution in [0.15, 0.2) is 73.2 Å². The average Bonchev–Trinajstić information content (AvgIpc) is 2.79. The van der Waals surface area contributed by atoms with Crippen molar-refractivity contribution in [3.63, 3.8) is 0 Å². The molecule has 2 atom stereocenters. The number of carbonyl (C=O) groups excluding carboxylic acids is 1. The maximum Gasteiger partial charge on any atom is 0.225 e. The summed E-state index contributed by atoms with van der Waals surface area (Å²) in [6.07, 6.45) is 7.03. The molecule has 3 heterocycles. The highest BCUT2D eigenvalue weighted by molar-refractivity contribution is 5.80. The van der Waals surface area contributed by atoms with Gasteiger partial charge in [-0.25, -0.2) is 9.97 Å². The molecule has 4 rings (SSSR count). The number of hydrogen-bond donors (Lipinski definition) is 1. The standard InChI is InChI=1S/C22H23N5O/c28-21(18-10-6-15-27(16-18)22-24-13-7-14-25-22)26-20(17-8-2-1-3-9-17)19-11-4-5-12-23-19/h1-5,7-9,11-14,18,20H,6,10,15-16H2,(H,26,28)/t18-,20+/m0/s1. The molecule has 1 aliphatic rings. The van der Waals surface area contributed by atoms with Crippen molar-refractivity contribution in [2.24, 2.45) is 5.92 Å². The second-order valence-electron chi connectivity index (χ2n) is 6.94. The van der Waals surface area contributed by atoms with Crippen molar-refractivity contribution < 1.29 is 4.79 Å². The van der Waals surface area contributed by atoms with Crippen LogP contribution in [-0.4, -0.2) is 33.9 Å². The first-order chi connectivity index (χ1) is 13.8. The number of hydrogen-bond acceptors (Lipinski definition) is 5. The highest BCUT2D eigenvalue weighted by atomic mass is 16.2. The molecule has 1 aromatic carbocycles. The molecule has 1 saturated heterocycles. The number of benzene rings is 1. The molecule has 2 aromatic heterocycles. The smallest absolute Gasteiger partial charge is 0.225 e. The molecule has 28 heavy (non-hydrogen) atoms. The van der Waals surface area contributed by atoms with E-state index in [1.54, 1.807) is 24.7 Å². The minimum absolute atomic E-state index is 0.0418. The van der Waals surface area contributed by atoms with Crippen LogP contribution in [0.3, 0.4) is 0 Å². The number of nitrogens with zero attached hydrogens (tertiary/aromatic N) is 4. The first-order valence-corrected chi connectivity index (χ1v) is 9.59. The molecule has 1 aliphatic heterocycles. The van der Waals surface area contributed by atoms with E-state index in [4.69, 9.17) is 0 Å². The molecule has 3 aromatic rings. The van der Waals surface area contributed by atoms with Crippen LogP contribution in [0.5, 0.6) is 0 Å². The summed E-state index contributed by atoms with van der Waals surface area (Å²) >= 11 is 0. The second-order valence-corrected chi connectivity index (χ2v) is 6.94. The van der Waals surface area contributed by atoms with Crippen molar-refractivity contribution in [2.45, 2.75) is 18.9 Å². The molecular formula is C22H23N5O. The molecule has 142 valence electrons. The fourth-order valence-electron chi connectivity index (χ4n) is 3.61. The molecule has 1 N–H and O–H groups in total. The van der Waals surface area contributed by atoms with E-state index in [2.05, 4.69) is 25.2 Å². The zero-order valence-electron chi connectivity index (χ0n) is 15.6. The molecule has 6 nitrogen and oxygen atoms in total.